The molecule has 0 bridgehead atoms. The van der Waals surface area contributed by atoms with Gasteiger partial charge in [0.1, 0.15) is 6.61 Å². The molecular weight excluding hydrogens is 525 g/mol. The van der Waals surface area contributed by atoms with Crippen molar-refractivity contribution < 1.29 is 27.6 Å². The van der Waals surface area contributed by atoms with Gasteiger partial charge in [-0.25, -0.2) is 13.6 Å². The molecule has 1 saturated heterocycles. The molecule has 6 nitrogen and oxygen atoms in total. The van der Waals surface area contributed by atoms with Crippen LogP contribution in [0.25, 0.3) is 22.4 Å². The fourth-order valence-electron chi connectivity index (χ4n) is 5.29. The number of fused-ring (bicyclic) bond motifs is 3. The summed E-state index contributed by atoms with van der Waals surface area (Å²) in [6.07, 6.45) is 0.737. The molecule has 2 heterocycles. The second-order valence-corrected chi connectivity index (χ2v) is 11.3. The Morgan fingerprint density at radius 1 is 0.854 bits per heavy atom. The van der Waals surface area contributed by atoms with Crippen LogP contribution in [0.5, 0.6) is 0 Å². The topological polar surface area (TPSA) is 69.7 Å². The lowest BCUT2D eigenvalue weighted by Gasteiger charge is -2.32. The number of ether oxygens (including phenoxy) is 1. The molecule has 9 heteroatoms. The molecular formula is C32H29BF2N2O4. The molecule has 41 heavy (non-hydrogen) atoms. The van der Waals surface area contributed by atoms with Gasteiger partial charge in [0.05, 0.1) is 28.8 Å². The maximum atomic E-state index is 15.1. The molecule has 6 rings (SSSR count). The first-order valence-corrected chi connectivity index (χ1v) is 13.5. The molecule has 1 amide bonds. The van der Waals surface area contributed by atoms with Crippen LogP contribution in [0.2, 0.25) is 0 Å². The van der Waals surface area contributed by atoms with Gasteiger partial charge in [0.2, 0.25) is 0 Å². The summed E-state index contributed by atoms with van der Waals surface area (Å²) in [6, 6.07) is 22.1. The summed E-state index contributed by atoms with van der Waals surface area (Å²) >= 11 is 0. The minimum atomic E-state index is -1.05. The van der Waals surface area contributed by atoms with Gasteiger partial charge in [-0.05, 0) is 68.1 Å². The van der Waals surface area contributed by atoms with E-state index in [9.17, 15) is 4.79 Å². The van der Waals surface area contributed by atoms with Gasteiger partial charge in [0, 0.05) is 16.9 Å². The molecule has 0 atom stereocenters. The van der Waals surface area contributed by atoms with E-state index in [4.69, 9.17) is 14.0 Å². The molecule has 1 fully saturated rings. The Labute approximate surface area is 237 Å². The zero-order valence-electron chi connectivity index (χ0n) is 23.2. The highest BCUT2D eigenvalue weighted by Gasteiger charge is 2.52. The maximum absolute atomic E-state index is 15.1. The first-order chi connectivity index (χ1) is 19.6. The van der Waals surface area contributed by atoms with E-state index in [1.54, 1.807) is 6.07 Å². The third-order valence-electron chi connectivity index (χ3n) is 8.25. The molecule has 0 spiro atoms. The van der Waals surface area contributed by atoms with E-state index in [-0.39, 0.29) is 29.2 Å². The lowest BCUT2D eigenvalue weighted by Crippen LogP contribution is -2.41. The Bertz CT molecular complexity index is 1580. The second-order valence-electron chi connectivity index (χ2n) is 11.3. The van der Waals surface area contributed by atoms with Crippen molar-refractivity contribution >= 4 is 24.4 Å². The first-order valence-electron chi connectivity index (χ1n) is 13.5. The van der Waals surface area contributed by atoms with Crippen LogP contribution in [0, 0.1) is 11.6 Å². The van der Waals surface area contributed by atoms with Crippen LogP contribution in [-0.2, 0) is 14.0 Å². The number of hydrogen-bond donors (Lipinski definition) is 1. The molecule has 0 unspecified atom stereocenters. The van der Waals surface area contributed by atoms with Gasteiger partial charge in [0.15, 0.2) is 11.6 Å². The molecule has 0 radical (unpaired) electrons. The Morgan fingerprint density at radius 3 is 2.05 bits per heavy atom. The molecule has 208 valence electrons. The minimum absolute atomic E-state index is 0.0153. The Balaban J connectivity index is 1.12. The van der Waals surface area contributed by atoms with E-state index < -0.39 is 36.0 Å². The average Bonchev–Trinajstić information content (AvgIpc) is 3.38. The number of hydrogen-bond acceptors (Lipinski definition) is 5. The molecule has 1 aliphatic carbocycles. The number of nitrogens with zero attached hydrogens (tertiary/aromatic N) is 1. The molecule has 2 aliphatic rings. The van der Waals surface area contributed by atoms with E-state index >= 15 is 8.78 Å². The summed E-state index contributed by atoms with van der Waals surface area (Å²) in [6.45, 7) is 7.55. The maximum Gasteiger partial charge on any atom is 0.497 e. The number of amides is 1. The van der Waals surface area contributed by atoms with E-state index in [1.165, 1.54) is 24.4 Å². The monoisotopic (exact) mass is 554 g/mol. The average molecular weight is 554 g/mol. The van der Waals surface area contributed by atoms with Crippen LogP contribution in [0.1, 0.15) is 44.7 Å². The fraction of sp³-hybridized carbons (Fsp3) is 0.250. The van der Waals surface area contributed by atoms with Crippen molar-refractivity contribution in [2.45, 2.75) is 44.8 Å². The van der Waals surface area contributed by atoms with Gasteiger partial charge in [-0.15, -0.1) is 0 Å². The van der Waals surface area contributed by atoms with E-state index in [1.807, 2.05) is 64.1 Å². The Hall–Kier alpha value is -4.08. The lowest BCUT2D eigenvalue weighted by molar-refractivity contribution is 0.00578. The minimum Gasteiger partial charge on any atom is -0.448 e. The Kier molecular flexibility index (Phi) is 6.67. The van der Waals surface area contributed by atoms with Crippen molar-refractivity contribution in [1.82, 2.24) is 4.98 Å². The Morgan fingerprint density at radius 2 is 1.46 bits per heavy atom. The fourth-order valence-corrected chi connectivity index (χ4v) is 5.29. The largest absolute Gasteiger partial charge is 0.497 e. The highest BCUT2D eigenvalue weighted by molar-refractivity contribution is 6.62. The summed E-state index contributed by atoms with van der Waals surface area (Å²) in [5.41, 5.74) is 3.69. The van der Waals surface area contributed by atoms with Crippen molar-refractivity contribution in [2.75, 3.05) is 11.9 Å². The number of nitrogens with one attached hydrogen (secondary N) is 1. The van der Waals surface area contributed by atoms with Gasteiger partial charge in [0.25, 0.3) is 0 Å². The van der Waals surface area contributed by atoms with Gasteiger partial charge < -0.3 is 14.0 Å². The summed E-state index contributed by atoms with van der Waals surface area (Å²) in [4.78, 5) is 16.8. The third-order valence-corrected chi connectivity index (χ3v) is 8.25. The summed E-state index contributed by atoms with van der Waals surface area (Å²) < 4.78 is 47.6. The van der Waals surface area contributed by atoms with Crippen LogP contribution in [-0.4, -0.2) is 36.0 Å². The smallest absolute Gasteiger partial charge is 0.448 e. The predicted octanol–water partition coefficient (Wildman–Crippen LogP) is 6.69. The highest BCUT2D eigenvalue weighted by Crippen LogP contribution is 2.44. The van der Waals surface area contributed by atoms with Gasteiger partial charge in [-0.2, -0.15) is 0 Å². The number of carbonyl (C=O) groups excluding carboxylic acids is 1. The molecule has 4 aromatic rings. The van der Waals surface area contributed by atoms with Gasteiger partial charge >= 0.3 is 13.2 Å². The summed E-state index contributed by atoms with van der Waals surface area (Å²) in [5.74, 6) is -2.17. The number of rotatable bonds is 5. The van der Waals surface area contributed by atoms with Crippen LogP contribution >= 0.6 is 0 Å². The first kappa shape index (κ1) is 27.1. The van der Waals surface area contributed by atoms with Crippen LogP contribution < -0.4 is 10.8 Å². The molecule has 1 N–H and O–H groups in total. The van der Waals surface area contributed by atoms with Gasteiger partial charge in [-0.3, -0.25) is 10.3 Å². The van der Waals surface area contributed by atoms with Crippen LogP contribution in [0.15, 0.2) is 79.0 Å². The molecule has 1 aliphatic heterocycles. The van der Waals surface area contributed by atoms with Crippen LogP contribution in [0.4, 0.5) is 19.3 Å². The number of carbonyl (C=O) groups is 1. The number of pyridine rings is 1. The molecule has 0 saturated carbocycles. The summed E-state index contributed by atoms with van der Waals surface area (Å²) in [5, 5.41) is 2.66. The normalized spacial score (nSPS) is 16.8. The summed E-state index contributed by atoms with van der Waals surface area (Å²) in [7, 11) is -1.03. The van der Waals surface area contributed by atoms with Crippen molar-refractivity contribution in [3.05, 3.63) is 102 Å². The van der Waals surface area contributed by atoms with Crippen molar-refractivity contribution in [1.29, 1.82) is 0 Å². The zero-order chi connectivity index (χ0) is 28.9. The van der Waals surface area contributed by atoms with E-state index in [0.29, 0.717) is 5.69 Å². The van der Waals surface area contributed by atoms with E-state index in [0.717, 1.165) is 22.3 Å². The molecule has 1 aromatic heterocycles. The zero-order valence-corrected chi connectivity index (χ0v) is 23.2. The number of benzene rings is 3. The van der Waals surface area contributed by atoms with Crippen LogP contribution in [0.3, 0.4) is 0 Å². The number of halogens is 2. The quantitative estimate of drug-likeness (QED) is 0.279. The van der Waals surface area contributed by atoms with Crippen molar-refractivity contribution in [3.63, 3.8) is 0 Å². The van der Waals surface area contributed by atoms with E-state index in [2.05, 4.69) is 22.4 Å². The lowest BCUT2D eigenvalue weighted by atomic mass is 9.78. The second kappa shape index (κ2) is 10.1. The van der Waals surface area contributed by atoms with Crippen molar-refractivity contribution in [3.8, 4) is 22.4 Å². The highest BCUT2D eigenvalue weighted by atomic mass is 19.2. The standard InChI is InChI=1S/C32H29BF2N2O4/c1-31(2)32(3,4)41-33(40-31)26-15-14-24(28(34)29(26)35)27-16-13-19(17-36-27)37-30(38)39-18-25-22-11-7-5-9-20(22)21-10-6-8-12-23(21)25/h5-17,25H,18H2,1-4H3,(H,37,38). The van der Waals surface area contributed by atoms with Crippen molar-refractivity contribution in [2.24, 2.45) is 0 Å². The molecule has 3 aromatic carbocycles. The third kappa shape index (κ3) is 4.79. The number of aromatic nitrogens is 1. The predicted molar refractivity (Wildman–Crippen MR) is 154 cm³/mol. The SMILES string of the molecule is CC1(C)OB(c2ccc(-c3ccc(NC(=O)OCC4c5ccccc5-c5ccccc54)cn3)c(F)c2F)OC1(C)C. The number of anilines is 1. The van der Waals surface area contributed by atoms with Gasteiger partial charge in [-0.1, -0.05) is 54.6 Å².